The molecule has 0 saturated carbocycles. The average Bonchev–Trinajstić information content (AvgIpc) is 3.39. The highest BCUT2D eigenvalue weighted by molar-refractivity contribution is 7.14. The number of anilines is 1. The molecule has 27 heavy (non-hydrogen) atoms. The minimum Gasteiger partial charge on any atom is -0.338 e. The highest BCUT2D eigenvalue weighted by Gasteiger charge is 2.15. The van der Waals surface area contributed by atoms with Crippen molar-refractivity contribution in [1.82, 2.24) is 15.3 Å². The lowest BCUT2D eigenvalue weighted by atomic mass is 10.2. The van der Waals surface area contributed by atoms with E-state index in [-0.39, 0.29) is 6.03 Å². The van der Waals surface area contributed by atoms with Gasteiger partial charge in [-0.15, -0.1) is 22.7 Å². The van der Waals surface area contributed by atoms with E-state index in [1.54, 1.807) is 22.7 Å². The van der Waals surface area contributed by atoms with Gasteiger partial charge in [0.05, 0.1) is 20.8 Å². The number of hydrogen-bond donors (Lipinski definition) is 2. The SMILES string of the molecule is CCCNC(=O)Nc1ccc2nc(-c3cccs3)c(-c3cccs3)nc2c1. The van der Waals surface area contributed by atoms with Crippen LogP contribution in [-0.4, -0.2) is 22.5 Å². The third-order valence-electron chi connectivity index (χ3n) is 3.97. The number of nitrogens with zero attached hydrogens (tertiary/aromatic N) is 2. The molecule has 0 radical (unpaired) electrons. The number of benzene rings is 1. The van der Waals surface area contributed by atoms with Crippen LogP contribution >= 0.6 is 22.7 Å². The van der Waals surface area contributed by atoms with Crippen molar-refractivity contribution in [1.29, 1.82) is 0 Å². The summed E-state index contributed by atoms with van der Waals surface area (Å²) < 4.78 is 0. The highest BCUT2D eigenvalue weighted by atomic mass is 32.1. The van der Waals surface area contributed by atoms with Crippen molar-refractivity contribution in [3.63, 3.8) is 0 Å². The number of urea groups is 1. The second-order valence-electron chi connectivity index (χ2n) is 5.96. The first-order valence-corrected chi connectivity index (χ1v) is 10.4. The summed E-state index contributed by atoms with van der Waals surface area (Å²) >= 11 is 3.29. The van der Waals surface area contributed by atoms with Gasteiger partial charge in [0.1, 0.15) is 11.4 Å². The van der Waals surface area contributed by atoms with Gasteiger partial charge in [-0.05, 0) is 47.5 Å². The van der Waals surface area contributed by atoms with Crippen LogP contribution in [0.3, 0.4) is 0 Å². The fourth-order valence-corrected chi connectivity index (χ4v) is 4.15. The van der Waals surface area contributed by atoms with Gasteiger partial charge in [-0.1, -0.05) is 19.1 Å². The van der Waals surface area contributed by atoms with Gasteiger partial charge in [-0.25, -0.2) is 14.8 Å². The molecule has 5 nitrogen and oxygen atoms in total. The number of hydrogen-bond acceptors (Lipinski definition) is 5. The molecule has 0 aliphatic heterocycles. The molecule has 0 aliphatic rings. The predicted octanol–water partition coefficient (Wildman–Crippen LogP) is 5.62. The van der Waals surface area contributed by atoms with Crippen molar-refractivity contribution in [3.8, 4) is 21.1 Å². The third-order valence-corrected chi connectivity index (χ3v) is 5.72. The summed E-state index contributed by atoms with van der Waals surface area (Å²) in [6.07, 6.45) is 0.895. The van der Waals surface area contributed by atoms with E-state index < -0.39 is 0 Å². The summed E-state index contributed by atoms with van der Waals surface area (Å²) in [5.74, 6) is 0. The first kappa shape index (κ1) is 17.6. The molecule has 3 aromatic heterocycles. The molecule has 0 saturated heterocycles. The number of thiophene rings is 2. The minimum absolute atomic E-state index is 0.210. The molecule has 2 amide bonds. The van der Waals surface area contributed by atoms with Crippen LogP contribution in [0.15, 0.2) is 53.2 Å². The molecule has 0 atom stereocenters. The van der Waals surface area contributed by atoms with Crippen LogP contribution in [0.1, 0.15) is 13.3 Å². The van der Waals surface area contributed by atoms with Crippen LogP contribution in [0, 0.1) is 0 Å². The van der Waals surface area contributed by atoms with E-state index in [9.17, 15) is 4.79 Å². The Labute approximate surface area is 165 Å². The van der Waals surface area contributed by atoms with Crippen LogP contribution in [0.4, 0.5) is 10.5 Å². The maximum absolute atomic E-state index is 11.9. The first-order valence-electron chi connectivity index (χ1n) is 8.69. The Morgan fingerprint density at radius 2 is 1.63 bits per heavy atom. The number of aromatic nitrogens is 2. The standard InChI is InChI=1S/C20H18N4OS2/c1-2-9-21-20(25)22-13-7-8-14-15(12-13)24-19(17-6-4-11-27-17)18(23-14)16-5-3-10-26-16/h3-8,10-12H,2,9H2,1H3,(H2,21,22,25). The Hall–Kier alpha value is -2.77. The molecule has 2 N–H and O–H groups in total. The fraction of sp³-hybridized carbons (Fsp3) is 0.150. The molecule has 0 fully saturated rings. The van der Waals surface area contributed by atoms with E-state index >= 15 is 0 Å². The molecule has 3 heterocycles. The van der Waals surface area contributed by atoms with Gasteiger partial charge in [0.15, 0.2) is 0 Å². The van der Waals surface area contributed by atoms with Gasteiger partial charge in [0.25, 0.3) is 0 Å². The van der Waals surface area contributed by atoms with Crippen LogP contribution in [-0.2, 0) is 0 Å². The molecule has 4 aromatic rings. The molecule has 4 rings (SSSR count). The number of fused-ring (bicyclic) bond motifs is 1. The van der Waals surface area contributed by atoms with Crippen LogP contribution in [0.5, 0.6) is 0 Å². The number of amides is 2. The van der Waals surface area contributed by atoms with E-state index in [0.717, 1.165) is 38.6 Å². The molecular formula is C20H18N4OS2. The van der Waals surface area contributed by atoms with Crippen molar-refractivity contribution in [2.24, 2.45) is 0 Å². The van der Waals surface area contributed by atoms with E-state index in [0.29, 0.717) is 12.2 Å². The van der Waals surface area contributed by atoms with Gasteiger partial charge in [-0.3, -0.25) is 0 Å². The van der Waals surface area contributed by atoms with Gasteiger partial charge in [0, 0.05) is 12.2 Å². The van der Waals surface area contributed by atoms with Crippen molar-refractivity contribution < 1.29 is 4.79 Å². The summed E-state index contributed by atoms with van der Waals surface area (Å²) in [7, 11) is 0. The second-order valence-corrected chi connectivity index (χ2v) is 7.86. The Morgan fingerprint density at radius 3 is 2.22 bits per heavy atom. The first-order chi connectivity index (χ1) is 13.2. The third kappa shape index (κ3) is 3.84. The molecule has 0 bridgehead atoms. The second kappa shape index (κ2) is 7.85. The highest BCUT2D eigenvalue weighted by Crippen LogP contribution is 2.35. The molecule has 1 aromatic carbocycles. The van der Waals surface area contributed by atoms with Crippen molar-refractivity contribution in [2.45, 2.75) is 13.3 Å². The Balaban J connectivity index is 1.76. The zero-order valence-corrected chi connectivity index (χ0v) is 16.4. The number of rotatable bonds is 5. The Kier molecular flexibility index (Phi) is 5.13. The van der Waals surface area contributed by atoms with Crippen LogP contribution < -0.4 is 10.6 Å². The van der Waals surface area contributed by atoms with Gasteiger partial charge in [0.2, 0.25) is 0 Å². The number of nitrogens with one attached hydrogen (secondary N) is 2. The lowest BCUT2D eigenvalue weighted by molar-refractivity contribution is 0.252. The number of carbonyl (C=O) groups excluding carboxylic acids is 1. The zero-order valence-electron chi connectivity index (χ0n) is 14.7. The maximum atomic E-state index is 11.9. The molecule has 0 unspecified atom stereocenters. The van der Waals surface area contributed by atoms with Crippen molar-refractivity contribution >= 4 is 45.4 Å². The van der Waals surface area contributed by atoms with Crippen molar-refractivity contribution in [2.75, 3.05) is 11.9 Å². The molecule has 7 heteroatoms. The fourth-order valence-electron chi connectivity index (χ4n) is 2.72. The Morgan fingerprint density at radius 1 is 0.963 bits per heavy atom. The monoisotopic (exact) mass is 394 g/mol. The van der Waals surface area contributed by atoms with Gasteiger partial charge >= 0.3 is 6.03 Å². The predicted molar refractivity (Wildman–Crippen MR) is 113 cm³/mol. The largest absolute Gasteiger partial charge is 0.338 e. The molecular weight excluding hydrogens is 376 g/mol. The maximum Gasteiger partial charge on any atom is 0.319 e. The summed E-state index contributed by atoms with van der Waals surface area (Å²) in [5, 5.41) is 9.74. The lowest BCUT2D eigenvalue weighted by Crippen LogP contribution is -2.29. The quantitative estimate of drug-likeness (QED) is 0.462. The smallest absolute Gasteiger partial charge is 0.319 e. The molecule has 0 spiro atoms. The summed E-state index contributed by atoms with van der Waals surface area (Å²) in [6, 6.07) is 13.6. The average molecular weight is 395 g/mol. The zero-order chi connectivity index (χ0) is 18.6. The van der Waals surface area contributed by atoms with Crippen LogP contribution in [0.25, 0.3) is 32.2 Å². The topological polar surface area (TPSA) is 66.9 Å². The molecule has 136 valence electrons. The van der Waals surface area contributed by atoms with Crippen LogP contribution in [0.2, 0.25) is 0 Å². The Bertz CT molecular complexity index is 1060. The number of carbonyl (C=O) groups is 1. The summed E-state index contributed by atoms with van der Waals surface area (Å²) in [4.78, 5) is 23.8. The van der Waals surface area contributed by atoms with Gasteiger partial charge < -0.3 is 10.6 Å². The van der Waals surface area contributed by atoms with Gasteiger partial charge in [-0.2, -0.15) is 0 Å². The van der Waals surface area contributed by atoms with E-state index in [1.165, 1.54) is 0 Å². The van der Waals surface area contributed by atoms with E-state index in [2.05, 4.69) is 22.8 Å². The minimum atomic E-state index is -0.210. The lowest BCUT2D eigenvalue weighted by Gasteiger charge is -2.10. The summed E-state index contributed by atoms with van der Waals surface area (Å²) in [5.41, 5.74) is 4.02. The van der Waals surface area contributed by atoms with E-state index in [1.807, 2.05) is 48.0 Å². The van der Waals surface area contributed by atoms with E-state index in [4.69, 9.17) is 9.97 Å². The van der Waals surface area contributed by atoms with Crippen molar-refractivity contribution in [3.05, 3.63) is 53.2 Å². The normalized spacial score (nSPS) is 10.9. The molecule has 0 aliphatic carbocycles. The summed E-state index contributed by atoms with van der Waals surface area (Å²) in [6.45, 7) is 2.66.